The third kappa shape index (κ3) is 4.70. The highest BCUT2D eigenvalue weighted by Crippen LogP contribution is 2.31. The molecule has 0 aromatic heterocycles. The van der Waals surface area contributed by atoms with Crippen molar-refractivity contribution in [2.75, 3.05) is 50.5 Å². The molecule has 0 radical (unpaired) electrons. The minimum Gasteiger partial charge on any atom is -0.379 e. The molecular formula is C16H21N3O3S. The molecule has 2 amide bonds. The second-order valence-electron chi connectivity index (χ2n) is 5.65. The van der Waals surface area contributed by atoms with Crippen LogP contribution in [0.3, 0.4) is 0 Å². The van der Waals surface area contributed by atoms with Crippen molar-refractivity contribution < 1.29 is 14.3 Å². The van der Waals surface area contributed by atoms with Gasteiger partial charge in [-0.05, 0) is 17.7 Å². The first-order chi connectivity index (χ1) is 11.2. The molecule has 0 unspecified atom stereocenters. The Morgan fingerprint density at radius 1 is 1.35 bits per heavy atom. The molecule has 124 valence electrons. The van der Waals surface area contributed by atoms with Gasteiger partial charge >= 0.3 is 0 Å². The molecule has 3 rings (SSSR count). The minimum absolute atomic E-state index is 0.00741. The Bertz CT molecular complexity index is 588. The second kappa shape index (κ2) is 7.81. The maximum absolute atomic E-state index is 12.0. The molecule has 1 aromatic carbocycles. The molecule has 1 aromatic rings. The smallest absolute Gasteiger partial charge is 0.234 e. The van der Waals surface area contributed by atoms with E-state index in [0.29, 0.717) is 18.7 Å². The van der Waals surface area contributed by atoms with Crippen LogP contribution in [0.15, 0.2) is 23.1 Å². The standard InChI is InChI=1S/C16H21N3O3S/c20-15(17-3-4-19-5-7-22-8-6-19)10-12-1-2-14-13(9-12)18-16(21)11-23-14/h1-2,9H,3-8,10-11H2,(H,17,20)(H,18,21). The van der Waals surface area contributed by atoms with Crippen molar-refractivity contribution in [3.8, 4) is 0 Å². The van der Waals surface area contributed by atoms with Crippen molar-refractivity contribution in [1.82, 2.24) is 10.2 Å². The van der Waals surface area contributed by atoms with Crippen molar-refractivity contribution in [2.24, 2.45) is 0 Å². The average Bonchev–Trinajstić information content (AvgIpc) is 2.55. The summed E-state index contributed by atoms with van der Waals surface area (Å²) in [6.45, 7) is 4.90. The number of nitrogens with zero attached hydrogens (tertiary/aromatic N) is 1. The number of ether oxygens (including phenoxy) is 1. The lowest BCUT2D eigenvalue weighted by Crippen LogP contribution is -2.41. The lowest BCUT2D eigenvalue weighted by atomic mass is 10.1. The van der Waals surface area contributed by atoms with Crippen LogP contribution in [0, 0.1) is 0 Å². The molecule has 2 aliphatic rings. The first-order valence-electron chi connectivity index (χ1n) is 7.83. The number of anilines is 1. The average molecular weight is 335 g/mol. The van der Waals surface area contributed by atoms with Gasteiger partial charge in [-0.3, -0.25) is 14.5 Å². The maximum Gasteiger partial charge on any atom is 0.234 e. The van der Waals surface area contributed by atoms with Crippen LogP contribution in [0.5, 0.6) is 0 Å². The van der Waals surface area contributed by atoms with E-state index in [0.717, 1.165) is 49.0 Å². The SMILES string of the molecule is O=C(Cc1ccc2c(c1)NC(=O)CS2)NCCN1CCOCC1. The fourth-order valence-corrected chi connectivity index (χ4v) is 3.45. The molecule has 0 saturated carbocycles. The van der Waals surface area contributed by atoms with Gasteiger partial charge in [-0.15, -0.1) is 11.8 Å². The van der Waals surface area contributed by atoms with Crippen LogP contribution >= 0.6 is 11.8 Å². The van der Waals surface area contributed by atoms with E-state index in [4.69, 9.17) is 4.74 Å². The van der Waals surface area contributed by atoms with Gasteiger partial charge in [0.15, 0.2) is 0 Å². The fraction of sp³-hybridized carbons (Fsp3) is 0.500. The minimum atomic E-state index is 0.00741. The van der Waals surface area contributed by atoms with Gasteiger partial charge in [-0.25, -0.2) is 0 Å². The summed E-state index contributed by atoms with van der Waals surface area (Å²) in [5.74, 6) is 0.469. The Morgan fingerprint density at radius 3 is 3.00 bits per heavy atom. The van der Waals surface area contributed by atoms with Crippen molar-refractivity contribution >= 4 is 29.3 Å². The number of amides is 2. The first kappa shape index (κ1) is 16.3. The van der Waals surface area contributed by atoms with Crippen LogP contribution in [-0.4, -0.2) is 61.9 Å². The molecule has 2 aliphatic heterocycles. The van der Waals surface area contributed by atoms with Gasteiger partial charge in [0.25, 0.3) is 0 Å². The van der Waals surface area contributed by atoms with E-state index in [-0.39, 0.29) is 11.8 Å². The van der Waals surface area contributed by atoms with Crippen LogP contribution in [0.1, 0.15) is 5.56 Å². The number of fused-ring (bicyclic) bond motifs is 1. The summed E-state index contributed by atoms with van der Waals surface area (Å²) in [7, 11) is 0. The molecule has 2 N–H and O–H groups in total. The number of nitrogens with one attached hydrogen (secondary N) is 2. The van der Waals surface area contributed by atoms with Gasteiger partial charge < -0.3 is 15.4 Å². The predicted octanol–water partition coefficient (Wildman–Crippen LogP) is 0.722. The number of thioether (sulfide) groups is 1. The number of carbonyl (C=O) groups excluding carboxylic acids is 2. The normalized spacial score (nSPS) is 18.2. The highest BCUT2D eigenvalue weighted by Gasteiger charge is 2.16. The van der Waals surface area contributed by atoms with Crippen molar-refractivity contribution in [1.29, 1.82) is 0 Å². The Kier molecular flexibility index (Phi) is 5.53. The molecular weight excluding hydrogens is 314 g/mol. The van der Waals surface area contributed by atoms with Crippen LogP contribution in [-0.2, 0) is 20.7 Å². The molecule has 1 saturated heterocycles. The van der Waals surface area contributed by atoms with E-state index < -0.39 is 0 Å². The van der Waals surface area contributed by atoms with E-state index in [2.05, 4.69) is 15.5 Å². The molecule has 6 nitrogen and oxygen atoms in total. The predicted molar refractivity (Wildman–Crippen MR) is 89.8 cm³/mol. The molecule has 23 heavy (non-hydrogen) atoms. The quantitative estimate of drug-likeness (QED) is 0.830. The Balaban J connectivity index is 1.46. The monoisotopic (exact) mass is 335 g/mol. The van der Waals surface area contributed by atoms with Gasteiger partial charge in [0.05, 0.1) is 31.1 Å². The summed E-state index contributed by atoms with van der Waals surface area (Å²) in [5, 5.41) is 5.80. The number of carbonyl (C=O) groups is 2. The highest BCUT2D eigenvalue weighted by atomic mass is 32.2. The zero-order chi connectivity index (χ0) is 16.1. The van der Waals surface area contributed by atoms with Crippen molar-refractivity contribution in [3.05, 3.63) is 23.8 Å². The van der Waals surface area contributed by atoms with Gasteiger partial charge in [0.2, 0.25) is 11.8 Å². The Hall–Kier alpha value is -1.57. The summed E-state index contributed by atoms with van der Waals surface area (Å²) < 4.78 is 5.30. The van der Waals surface area contributed by atoms with E-state index >= 15 is 0 Å². The van der Waals surface area contributed by atoms with Crippen LogP contribution in [0.4, 0.5) is 5.69 Å². The molecule has 0 bridgehead atoms. The molecule has 7 heteroatoms. The molecule has 2 heterocycles. The third-order valence-electron chi connectivity index (χ3n) is 3.90. The van der Waals surface area contributed by atoms with Gasteiger partial charge in [0, 0.05) is 31.1 Å². The van der Waals surface area contributed by atoms with Crippen molar-refractivity contribution in [3.63, 3.8) is 0 Å². The molecule has 0 spiro atoms. The second-order valence-corrected chi connectivity index (χ2v) is 6.67. The zero-order valence-electron chi connectivity index (χ0n) is 13.0. The summed E-state index contributed by atoms with van der Waals surface area (Å²) in [6, 6.07) is 5.81. The van der Waals surface area contributed by atoms with Gasteiger partial charge in [0.1, 0.15) is 0 Å². The van der Waals surface area contributed by atoms with E-state index in [9.17, 15) is 9.59 Å². The summed E-state index contributed by atoms with van der Waals surface area (Å²) >= 11 is 1.53. The summed E-state index contributed by atoms with van der Waals surface area (Å²) in [4.78, 5) is 26.8. The third-order valence-corrected chi connectivity index (χ3v) is 4.97. The molecule has 1 fully saturated rings. The fourth-order valence-electron chi connectivity index (χ4n) is 2.67. The molecule has 0 atom stereocenters. The highest BCUT2D eigenvalue weighted by molar-refractivity contribution is 8.00. The number of hydrogen-bond donors (Lipinski definition) is 2. The van der Waals surface area contributed by atoms with Crippen molar-refractivity contribution in [2.45, 2.75) is 11.3 Å². The Labute approximate surface area is 139 Å². The van der Waals surface area contributed by atoms with E-state index in [1.54, 1.807) is 0 Å². The first-order valence-corrected chi connectivity index (χ1v) is 8.81. The number of rotatable bonds is 5. The molecule has 0 aliphatic carbocycles. The van der Waals surface area contributed by atoms with Crippen LogP contribution in [0.25, 0.3) is 0 Å². The van der Waals surface area contributed by atoms with Crippen LogP contribution < -0.4 is 10.6 Å². The van der Waals surface area contributed by atoms with Gasteiger partial charge in [-0.2, -0.15) is 0 Å². The maximum atomic E-state index is 12.0. The van der Waals surface area contributed by atoms with E-state index in [1.807, 2.05) is 18.2 Å². The lowest BCUT2D eigenvalue weighted by molar-refractivity contribution is -0.120. The number of hydrogen-bond acceptors (Lipinski definition) is 5. The van der Waals surface area contributed by atoms with E-state index in [1.165, 1.54) is 11.8 Å². The largest absolute Gasteiger partial charge is 0.379 e. The lowest BCUT2D eigenvalue weighted by Gasteiger charge is -2.26. The summed E-state index contributed by atoms with van der Waals surface area (Å²) in [6.07, 6.45) is 0.330. The zero-order valence-corrected chi connectivity index (χ0v) is 13.8. The van der Waals surface area contributed by atoms with Gasteiger partial charge in [-0.1, -0.05) is 6.07 Å². The summed E-state index contributed by atoms with van der Waals surface area (Å²) in [5.41, 5.74) is 1.72. The van der Waals surface area contributed by atoms with Crippen LogP contribution in [0.2, 0.25) is 0 Å². The number of morpholine rings is 1. The number of benzene rings is 1. The Morgan fingerprint density at radius 2 is 2.17 bits per heavy atom. The topological polar surface area (TPSA) is 70.7 Å².